The predicted octanol–water partition coefficient (Wildman–Crippen LogP) is 0.178. The van der Waals surface area contributed by atoms with Gasteiger partial charge in [-0.05, 0) is 0 Å². The normalized spacial score (nSPS) is 14.1. The van der Waals surface area contributed by atoms with Crippen molar-refractivity contribution in [2.24, 2.45) is 5.13 Å². The fraction of sp³-hybridized carbons (Fsp3) is 0.571. The summed E-state index contributed by atoms with van der Waals surface area (Å²) in [4.78, 5) is 10.8. The first-order valence-corrected chi connectivity index (χ1v) is 5.25. The van der Waals surface area contributed by atoms with Gasteiger partial charge in [-0.1, -0.05) is 20.8 Å². The van der Waals surface area contributed by atoms with E-state index in [2.05, 4.69) is 8.83 Å². The van der Waals surface area contributed by atoms with Crippen LogP contribution in [0, 0.1) is 0 Å². The van der Waals surface area contributed by atoms with E-state index in [1.165, 1.54) is 5.13 Å². The van der Waals surface area contributed by atoms with Crippen molar-refractivity contribution >= 4 is 10.0 Å². The minimum Gasteiger partial charge on any atom is -0.394 e. The first kappa shape index (κ1) is 9.47. The Balaban J connectivity index is 3.51. The molecule has 0 fully saturated rings. The SMILES string of the molecule is [2H]NS(=O)(=O)c1oc(=O)oc1C(C)(C)C. The summed E-state index contributed by atoms with van der Waals surface area (Å²) in [7, 11) is -4.13. The lowest BCUT2D eigenvalue weighted by Gasteiger charge is -2.13. The van der Waals surface area contributed by atoms with E-state index in [0.29, 0.717) is 0 Å². The maximum Gasteiger partial charge on any atom is 0.520 e. The molecule has 0 amide bonds. The van der Waals surface area contributed by atoms with Gasteiger partial charge in [-0.2, -0.15) is 0 Å². The largest absolute Gasteiger partial charge is 0.520 e. The molecule has 0 saturated heterocycles. The van der Waals surface area contributed by atoms with Gasteiger partial charge >= 0.3 is 5.82 Å². The monoisotopic (exact) mass is 222 g/mol. The second kappa shape index (κ2) is 2.96. The summed E-state index contributed by atoms with van der Waals surface area (Å²) < 4.78 is 38.2. The van der Waals surface area contributed by atoms with E-state index in [9.17, 15) is 13.2 Å². The molecule has 6 nitrogen and oxygen atoms in total. The van der Waals surface area contributed by atoms with Crippen molar-refractivity contribution in [2.75, 3.05) is 0 Å². The molecule has 0 spiro atoms. The quantitative estimate of drug-likeness (QED) is 0.768. The molecular formula is C7H11NO5S. The van der Waals surface area contributed by atoms with E-state index in [1.807, 2.05) is 0 Å². The van der Waals surface area contributed by atoms with Crippen LogP contribution in [0.2, 0.25) is 1.41 Å². The zero-order valence-corrected chi connectivity index (χ0v) is 8.77. The molecule has 0 saturated carbocycles. The van der Waals surface area contributed by atoms with Gasteiger partial charge in [0.1, 0.15) is 1.41 Å². The van der Waals surface area contributed by atoms with Crippen LogP contribution in [0.3, 0.4) is 0 Å². The second-order valence-corrected chi connectivity index (χ2v) is 5.20. The highest BCUT2D eigenvalue weighted by Gasteiger charge is 2.31. The van der Waals surface area contributed by atoms with Gasteiger partial charge in [-0.25, -0.2) is 18.3 Å². The maximum absolute atomic E-state index is 11.3. The lowest BCUT2D eigenvalue weighted by molar-refractivity contribution is 0.338. The van der Waals surface area contributed by atoms with Crippen LogP contribution in [-0.2, 0) is 15.4 Å². The third-order valence-electron chi connectivity index (χ3n) is 1.47. The van der Waals surface area contributed by atoms with E-state index in [4.69, 9.17) is 1.41 Å². The fourth-order valence-electron chi connectivity index (χ4n) is 0.904. The molecule has 2 N–H and O–H groups in total. The van der Waals surface area contributed by atoms with Crippen molar-refractivity contribution in [1.29, 1.82) is 0 Å². The zero-order chi connectivity index (χ0) is 11.9. The molecule has 1 heterocycles. The van der Waals surface area contributed by atoms with E-state index in [0.717, 1.165) is 0 Å². The Hall–Kier alpha value is -1.08. The van der Waals surface area contributed by atoms with Crippen molar-refractivity contribution in [3.8, 4) is 0 Å². The van der Waals surface area contributed by atoms with Gasteiger partial charge in [0.2, 0.25) is 0 Å². The lowest BCUT2D eigenvalue weighted by atomic mass is 9.94. The molecule has 0 aliphatic heterocycles. The topological polar surface area (TPSA) is 104 Å². The summed E-state index contributed by atoms with van der Waals surface area (Å²) in [6.45, 7) is 4.97. The van der Waals surface area contributed by atoms with Gasteiger partial charge in [0.25, 0.3) is 15.1 Å². The van der Waals surface area contributed by atoms with Crippen LogP contribution in [-0.4, -0.2) is 8.42 Å². The minimum atomic E-state index is -4.13. The Labute approximate surface area is 82.2 Å². The van der Waals surface area contributed by atoms with Crippen LogP contribution in [0.4, 0.5) is 0 Å². The van der Waals surface area contributed by atoms with Crippen molar-refractivity contribution < 1.29 is 18.7 Å². The molecule has 0 aromatic carbocycles. The average Bonchev–Trinajstić information content (AvgIpc) is 2.47. The molecule has 7 heteroatoms. The minimum absolute atomic E-state index is 0.104. The molecule has 14 heavy (non-hydrogen) atoms. The van der Waals surface area contributed by atoms with Crippen molar-refractivity contribution in [1.82, 2.24) is 0 Å². The van der Waals surface area contributed by atoms with Crippen LogP contribution in [0.25, 0.3) is 0 Å². The van der Waals surface area contributed by atoms with Crippen LogP contribution < -0.4 is 11.0 Å². The first-order valence-electron chi connectivity index (χ1n) is 4.26. The lowest BCUT2D eigenvalue weighted by Crippen LogP contribution is -2.19. The summed E-state index contributed by atoms with van der Waals surface area (Å²) in [5.74, 6) is -1.21. The number of hydrogen-bond donors (Lipinski definition) is 1. The molecule has 0 aliphatic rings. The van der Waals surface area contributed by atoms with Gasteiger partial charge in [-0.15, -0.1) is 0 Å². The number of primary sulfonamides is 1. The highest BCUT2D eigenvalue weighted by atomic mass is 32.2. The second-order valence-electron chi connectivity index (χ2n) is 3.82. The summed E-state index contributed by atoms with van der Waals surface area (Å²) in [6.07, 6.45) is 0. The molecule has 1 rings (SSSR count). The maximum atomic E-state index is 11.3. The van der Waals surface area contributed by atoms with Crippen molar-refractivity contribution in [3.05, 3.63) is 16.4 Å². The smallest absolute Gasteiger partial charge is 0.394 e. The highest BCUT2D eigenvalue weighted by molar-refractivity contribution is 7.89. The van der Waals surface area contributed by atoms with Crippen LogP contribution >= 0.6 is 0 Å². The van der Waals surface area contributed by atoms with Gasteiger partial charge in [0.05, 0.1) is 0 Å². The van der Waals surface area contributed by atoms with Gasteiger partial charge in [-0.3, -0.25) is 0 Å². The molecule has 1 aromatic heterocycles. The summed E-state index contributed by atoms with van der Waals surface area (Å²) in [5.41, 5.74) is -0.703. The average molecular weight is 222 g/mol. The number of nitrogens with two attached hydrogens (primary N) is 1. The Morgan fingerprint density at radius 3 is 2.36 bits per heavy atom. The van der Waals surface area contributed by atoms with Crippen LogP contribution in [0.1, 0.15) is 26.5 Å². The highest BCUT2D eigenvalue weighted by Crippen LogP contribution is 2.27. The molecule has 0 aliphatic carbocycles. The third-order valence-corrected chi connectivity index (χ3v) is 2.23. The van der Waals surface area contributed by atoms with Gasteiger partial charge < -0.3 is 8.83 Å². The molecule has 0 radical (unpaired) electrons. The Morgan fingerprint density at radius 2 is 1.93 bits per heavy atom. The third kappa shape index (κ3) is 2.05. The Kier molecular flexibility index (Phi) is 2.00. The number of sulfonamides is 1. The molecule has 80 valence electrons. The predicted molar refractivity (Wildman–Crippen MR) is 47.3 cm³/mol. The van der Waals surface area contributed by atoms with E-state index in [1.54, 1.807) is 20.8 Å². The Bertz CT molecular complexity index is 506. The molecule has 0 unspecified atom stereocenters. The number of rotatable bonds is 2. The Morgan fingerprint density at radius 1 is 1.36 bits per heavy atom. The molecule has 0 bridgehead atoms. The molecular weight excluding hydrogens is 210 g/mol. The zero-order valence-electron chi connectivity index (χ0n) is 8.95. The summed E-state index contributed by atoms with van der Waals surface area (Å²) >= 11 is 0. The summed E-state index contributed by atoms with van der Waals surface area (Å²) in [5, 5.41) is 0.669. The van der Waals surface area contributed by atoms with Crippen LogP contribution in [0.15, 0.2) is 18.7 Å². The molecule has 1 aromatic rings. The molecule has 0 atom stereocenters. The van der Waals surface area contributed by atoms with Crippen LogP contribution in [0.5, 0.6) is 0 Å². The van der Waals surface area contributed by atoms with Crippen molar-refractivity contribution in [2.45, 2.75) is 31.3 Å². The number of hydrogen-bond acceptors (Lipinski definition) is 5. The van der Waals surface area contributed by atoms with Gasteiger partial charge in [0, 0.05) is 5.41 Å². The first-order chi connectivity index (χ1) is 6.68. The standard InChI is InChI=1S/C7H11NO5S/c1-7(2,3)4-5(14(8,10)11)13-6(9)12-4/h1-3H3,(H2,8,10,11)/i/hD. The van der Waals surface area contributed by atoms with E-state index >= 15 is 0 Å². The van der Waals surface area contributed by atoms with Gasteiger partial charge in [0.15, 0.2) is 5.76 Å². The van der Waals surface area contributed by atoms with E-state index in [-0.39, 0.29) is 5.76 Å². The van der Waals surface area contributed by atoms with E-state index < -0.39 is 26.4 Å². The van der Waals surface area contributed by atoms with Crippen molar-refractivity contribution in [3.63, 3.8) is 0 Å². The fourth-order valence-corrected chi connectivity index (χ4v) is 1.67. The summed E-state index contributed by atoms with van der Waals surface area (Å²) in [6, 6.07) is 0.